The molecule has 2 aliphatic rings. The van der Waals surface area contributed by atoms with Crippen molar-refractivity contribution in [1.82, 2.24) is 10.6 Å². The number of carbonyl (C=O) groups is 1. The van der Waals surface area contributed by atoms with Crippen molar-refractivity contribution >= 4 is 45.6 Å². The fourth-order valence-electron chi connectivity index (χ4n) is 4.84. The molecule has 1 amide bonds. The summed E-state index contributed by atoms with van der Waals surface area (Å²) in [5.41, 5.74) is -3.20. The highest BCUT2D eigenvalue weighted by Crippen LogP contribution is 2.50. The molecule has 0 saturated carbocycles. The lowest BCUT2D eigenvalue weighted by molar-refractivity contribution is -0.275. The van der Waals surface area contributed by atoms with Crippen molar-refractivity contribution in [2.24, 2.45) is 5.16 Å². The molecule has 224 valence electrons. The van der Waals surface area contributed by atoms with E-state index in [1.54, 1.807) is 24.3 Å². The summed E-state index contributed by atoms with van der Waals surface area (Å²) in [4.78, 5) is 18.1. The highest BCUT2D eigenvalue weighted by molar-refractivity contribution is 6.35. The second-order valence-electron chi connectivity index (χ2n) is 9.78. The maximum absolute atomic E-state index is 14.5. The summed E-state index contributed by atoms with van der Waals surface area (Å²) < 4.78 is 100. The molecule has 5 rings (SSSR count). The Bertz CT molecular complexity index is 1540. The van der Waals surface area contributed by atoms with Crippen LogP contribution in [0, 0.1) is 5.82 Å². The molecule has 0 aliphatic carbocycles. The van der Waals surface area contributed by atoms with E-state index in [1.807, 2.05) is 0 Å². The molecule has 15 heteroatoms. The zero-order chi connectivity index (χ0) is 30.4. The molecule has 2 heterocycles. The van der Waals surface area contributed by atoms with E-state index in [9.17, 15) is 35.5 Å². The minimum atomic E-state index is -5.01. The minimum absolute atomic E-state index is 0.0637. The Balaban J connectivity index is 1.38. The first-order chi connectivity index (χ1) is 19.7. The standard InChI is InChI=1S/C27H20Cl2F7N3O3/c28-18-7-13(8-19(29)23(18)30)25(27(34,35)36)9-20(39-42-25)16-5-6-17(15-4-2-1-3-14(15)16)24(40)37-10-22-21(11-41-22)38-12-26(31,32)33/h1-8,21-22,38H,9-12H2,(H,37,40). The van der Waals surface area contributed by atoms with Crippen LogP contribution in [0.4, 0.5) is 30.7 Å². The van der Waals surface area contributed by atoms with Gasteiger partial charge in [0.1, 0.15) is 0 Å². The van der Waals surface area contributed by atoms with Crippen molar-refractivity contribution in [1.29, 1.82) is 0 Å². The molecule has 0 aromatic heterocycles. The summed E-state index contributed by atoms with van der Waals surface area (Å²) in [5.74, 6) is -1.64. The number of ether oxygens (including phenoxy) is 1. The molecular formula is C27H20Cl2F7N3O3. The first kappa shape index (κ1) is 30.3. The summed E-state index contributed by atoms with van der Waals surface area (Å²) >= 11 is 11.5. The average molecular weight is 638 g/mol. The topological polar surface area (TPSA) is 72.0 Å². The molecule has 6 nitrogen and oxygen atoms in total. The van der Waals surface area contributed by atoms with Gasteiger partial charge in [0, 0.05) is 29.7 Å². The van der Waals surface area contributed by atoms with E-state index in [4.69, 9.17) is 32.8 Å². The predicted molar refractivity (Wildman–Crippen MR) is 140 cm³/mol. The largest absolute Gasteiger partial charge is 0.435 e. The fourth-order valence-corrected chi connectivity index (χ4v) is 5.33. The number of carbonyl (C=O) groups excluding carboxylic acids is 1. The number of fused-ring (bicyclic) bond motifs is 1. The Labute approximate surface area is 243 Å². The number of rotatable bonds is 7. The molecule has 0 bridgehead atoms. The highest BCUT2D eigenvalue weighted by atomic mass is 35.5. The van der Waals surface area contributed by atoms with Crippen LogP contribution in [0.5, 0.6) is 0 Å². The van der Waals surface area contributed by atoms with E-state index in [2.05, 4.69) is 15.8 Å². The number of nitrogens with one attached hydrogen (secondary N) is 2. The Hall–Kier alpha value is -3.13. The lowest BCUT2D eigenvalue weighted by Gasteiger charge is -2.37. The van der Waals surface area contributed by atoms with E-state index in [0.717, 1.165) is 12.1 Å². The van der Waals surface area contributed by atoms with Crippen molar-refractivity contribution in [3.05, 3.63) is 81.1 Å². The van der Waals surface area contributed by atoms with Gasteiger partial charge in [-0.25, -0.2) is 4.39 Å². The average Bonchev–Trinajstić information content (AvgIpc) is 3.36. The van der Waals surface area contributed by atoms with Crippen LogP contribution in [0.25, 0.3) is 10.8 Å². The van der Waals surface area contributed by atoms with Gasteiger partial charge >= 0.3 is 12.4 Å². The van der Waals surface area contributed by atoms with Crippen LogP contribution in [0.15, 0.2) is 53.7 Å². The van der Waals surface area contributed by atoms with E-state index < -0.39 is 70.4 Å². The Kier molecular flexibility index (Phi) is 8.07. The van der Waals surface area contributed by atoms with Gasteiger partial charge in [-0.1, -0.05) is 58.7 Å². The molecule has 2 aliphatic heterocycles. The summed E-state index contributed by atoms with van der Waals surface area (Å²) in [6.45, 7) is -1.20. The van der Waals surface area contributed by atoms with Gasteiger partial charge in [-0.05, 0) is 29.0 Å². The van der Waals surface area contributed by atoms with Crippen LogP contribution < -0.4 is 10.6 Å². The zero-order valence-electron chi connectivity index (χ0n) is 21.2. The van der Waals surface area contributed by atoms with Gasteiger partial charge in [0.05, 0.1) is 41.1 Å². The van der Waals surface area contributed by atoms with Crippen molar-refractivity contribution in [3.63, 3.8) is 0 Å². The number of alkyl halides is 6. The smallest absolute Gasteiger partial charge is 0.374 e. The number of amides is 1. The van der Waals surface area contributed by atoms with Crippen LogP contribution in [0.3, 0.4) is 0 Å². The number of oxime groups is 1. The Morgan fingerprint density at radius 2 is 1.69 bits per heavy atom. The quantitative estimate of drug-likeness (QED) is 0.229. The molecule has 1 fully saturated rings. The maximum atomic E-state index is 14.5. The molecule has 1 saturated heterocycles. The van der Waals surface area contributed by atoms with E-state index in [-0.39, 0.29) is 30.0 Å². The zero-order valence-corrected chi connectivity index (χ0v) is 22.7. The monoisotopic (exact) mass is 637 g/mol. The third-order valence-electron chi connectivity index (χ3n) is 7.08. The highest BCUT2D eigenvalue weighted by Gasteiger charge is 2.62. The number of hydrogen-bond donors (Lipinski definition) is 2. The maximum Gasteiger partial charge on any atom is 0.435 e. The van der Waals surface area contributed by atoms with Gasteiger partial charge in [-0.2, -0.15) is 26.3 Å². The van der Waals surface area contributed by atoms with E-state index >= 15 is 0 Å². The third-order valence-corrected chi connectivity index (χ3v) is 7.63. The van der Waals surface area contributed by atoms with Gasteiger partial charge in [0.25, 0.3) is 11.5 Å². The minimum Gasteiger partial charge on any atom is -0.374 e. The normalized spacial score (nSPS) is 22.5. The third kappa shape index (κ3) is 5.75. The van der Waals surface area contributed by atoms with Crippen molar-refractivity contribution in [3.8, 4) is 0 Å². The second-order valence-corrected chi connectivity index (χ2v) is 10.6. The molecule has 0 radical (unpaired) electrons. The number of nitrogens with zero attached hydrogens (tertiary/aromatic N) is 1. The van der Waals surface area contributed by atoms with Gasteiger partial charge in [0.15, 0.2) is 5.82 Å². The second kappa shape index (κ2) is 11.2. The molecular weight excluding hydrogens is 618 g/mol. The van der Waals surface area contributed by atoms with Crippen LogP contribution in [-0.2, 0) is 15.2 Å². The molecule has 2 N–H and O–H groups in total. The Morgan fingerprint density at radius 3 is 2.29 bits per heavy atom. The number of benzene rings is 3. The van der Waals surface area contributed by atoms with Crippen LogP contribution in [0.2, 0.25) is 10.0 Å². The van der Waals surface area contributed by atoms with Gasteiger partial charge in [0.2, 0.25) is 0 Å². The van der Waals surface area contributed by atoms with E-state index in [0.29, 0.717) is 10.8 Å². The summed E-state index contributed by atoms with van der Waals surface area (Å²) in [5, 5.41) is 8.26. The molecule has 0 spiro atoms. The lowest BCUT2D eigenvalue weighted by atomic mass is 9.85. The summed E-state index contributed by atoms with van der Waals surface area (Å²) in [7, 11) is 0. The first-order valence-corrected chi connectivity index (χ1v) is 13.1. The lowest BCUT2D eigenvalue weighted by Crippen LogP contribution is -2.59. The van der Waals surface area contributed by atoms with Crippen LogP contribution >= 0.6 is 23.2 Å². The van der Waals surface area contributed by atoms with Crippen molar-refractivity contribution < 1.29 is 45.1 Å². The summed E-state index contributed by atoms with van der Waals surface area (Å²) in [6, 6.07) is 10.2. The van der Waals surface area contributed by atoms with Gasteiger partial charge < -0.3 is 20.2 Å². The SMILES string of the molecule is O=C(NCC1OCC1NCC(F)(F)F)c1ccc(C2=NOC(c3cc(Cl)c(F)c(Cl)c3)(C(F)(F)F)C2)c2ccccc12. The first-order valence-electron chi connectivity index (χ1n) is 12.4. The molecule has 3 aromatic carbocycles. The fraction of sp³-hybridized carbons (Fsp3) is 0.333. The van der Waals surface area contributed by atoms with Crippen molar-refractivity contribution in [2.45, 2.75) is 36.5 Å². The number of hydrogen-bond acceptors (Lipinski definition) is 5. The molecule has 3 aromatic rings. The van der Waals surface area contributed by atoms with Gasteiger partial charge in [-0.15, -0.1) is 0 Å². The van der Waals surface area contributed by atoms with E-state index in [1.165, 1.54) is 12.1 Å². The number of halogens is 9. The van der Waals surface area contributed by atoms with Crippen LogP contribution in [-0.4, -0.2) is 55.8 Å². The van der Waals surface area contributed by atoms with Crippen molar-refractivity contribution in [2.75, 3.05) is 19.7 Å². The molecule has 42 heavy (non-hydrogen) atoms. The van der Waals surface area contributed by atoms with Crippen LogP contribution in [0.1, 0.15) is 27.9 Å². The Morgan fingerprint density at radius 1 is 1.02 bits per heavy atom. The predicted octanol–water partition coefficient (Wildman–Crippen LogP) is 6.52. The van der Waals surface area contributed by atoms with Gasteiger partial charge in [-0.3, -0.25) is 4.79 Å². The molecule has 3 unspecified atom stereocenters. The molecule has 3 atom stereocenters. The summed E-state index contributed by atoms with van der Waals surface area (Å²) in [6.07, 6.45) is -10.9.